The Hall–Kier alpha value is -1.77. The number of nitrogens with zero attached hydrogens (tertiary/aromatic N) is 1. The van der Waals surface area contributed by atoms with E-state index >= 15 is 0 Å². The first kappa shape index (κ1) is 12.3. The molecule has 3 heteroatoms. The van der Waals surface area contributed by atoms with Crippen LogP contribution in [0.15, 0.2) is 36.5 Å². The molecule has 2 N–H and O–H groups in total. The van der Waals surface area contributed by atoms with Crippen molar-refractivity contribution in [1.29, 1.82) is 0 Å². The van der Waals surface area contributed by atoms with E-state index in [9.17, 15) is 0 Å². The zero-order valence-electron chi connectivity index (χ0n) is 11.4. The highest BCUT2D eigenvalue weighted by molar-refractivity contribution is 5.62. The summed E-state index contributed by atoms with van der Waals surface area (Å²) in [4.78, 5) is 0. The maximum absolute atomic E-state index is 3.98. The Morgan fingerprint density at radius 2 is 2.00 bits per heavy atom. The molecule has 0 spiro atoms. The molecule has 1 aliphatic carbocycles. The summed E-state index contributed by atoms with van der Waals surface area (Å²) in [5.74, 6) is 0.857. The summed E-state index contributed by atoms with van der Waals surface area (Å²) in [6, 6.07) is 11.2. The van der Waals surface area contributed by atoms with E-state index in [0.717, 1.165) is 11.6 Å². The summed E-state index contributed by atoms with van der Waals surface area (Å²) in [5.41, 5.74) is 3.47. The summed E-state index contributed by atoms with van der Waals surface area (Å²) >= 11 is 0. The second-order valence-electron chi connectivity index (χ2n) is 5.66. The number of nitrogens with one attached hydrogen (secondary N) is 2. The lowest BCUT2D eigenvalue weighted by molar-refractivity contribution is 0.358. The Bertz CT molecular complexity index is 501. The van der Waals surface area contributed by atoms with E-state index in [0.29, 0.717) is 6.04 Å². The van der Waals surface area contributed by atoms with Gasteiger partial charge >= 0.3 is 0 Å². The number of benzene rings is 1. The van der Waals surface area contributed by atoms with Gasteiger partial charge in [0.05, 0.1) is 5.69 Å². The first-order valence-corrected chi connectivity index (χ1v) is 7.17. The van der Waals surface area contributed by atoms with Gasteiger partial charge in [0.15, 0.2) is 0 Å². The topological polar surface area (TPSA) is 40.7 Å². The van der Waals surface area contributed by atoms with E-state index in [4.69, 9.17) is 0 Å². The van der Waals surface area contributed by atoms with Crippen LogP contribution in [0, 0.1) is 5.92 Å². The van der Waals surface area contributed by atoms with Crippen LogP contribution in [0.3, 0.4) is 0 Å². The van der Waals surface area contributed by atoms with Crippen LogP contribution in [0.4, 0.5) is 5.69 Å². The molecule has 1 aliphatic rings. The summed E-state index contributed by atoms with van der Waals surface area (Å²) < 4.78 is 0. The molecule has 0 amide bonds. The van der Waals surface area contributed by atoms with E-state index < -0.39 is 0 Å². The molecule has 1 heterocycles. The summed E-state index contributed by atoms with van der Waals surface area (Å²) in [6.07, 6.45) is 7.11. The van der Waals surface area contributed by atoms with Gasteiger partial charge in [-0.1, -0.05) is 31.9 Å². The second kappa shape index (κ2) is 5.47. The van der Waals surface area contributed by atoms with Crippen LogP contribution < -0.4 is 5.32 Å². The molecular weight excluding hydrogens is 234 g/mol. The average molecular weight is 255 g/mol. The van der Waals surface area contributed by atoms with Gasteiger partial charge in [-0.2, -0.15) is 5.10 Å². The van der Waals surface area contributed by atoms with Crippen molar-refractivity contribution in [3.8, 4) is 11.3 Å². The Labute approximate surface area is 114 Å². The average Bonchev–Trinajstić information content (AvgIpc) is 2.94. The second-order valence-corrected chi connectivity index (χ2v) is 5.66. The van der Waals surface area contributed by atoms with Crippen LogP contribution >= 0.6 is 0 Å². The van der Waals surface area contributed by atoms with Crippen molar-refractivity contribution in [2.24, 2.45) is 5.92 Å². The van der Waals surface area contributed by atoms with Crippen LogP contribution in [0.1, 0.15) is 32.6 Å². The molecule has 19 heavy (non-hydrogen) atoms. The lowest BCUT2D eigenvalue weighted by Crippen LogP contribution is -2.26. The molecule has 0 aliphatic heterocycles. The molecule has 2 unspecified atom stereocenters. The van der Waals surface area contributed by atoms with Gasteiger partial charge in [-0.05, 0) is 42.5 Å². The maximum Gasteiger partial charge on any atom is 0.0650 e. The number of hydrogen-bond donors (Lipinski definition) is 2. The minimum absolute atomic E-state index is 0.641. The van der Waals surface area contributed by atoms with Crippen LogP contribution in [0.2, 0.25) is 0 Å². The molecule has 1 saturated carbocycles. The fourth-order valence-corrected chi connectivity index (χ4v) is 2.96. The molecular formula is C16H21N3. The van der Waals surface area contributed by atoms with Crippen molar-refractivity contribution in [1.82, 2.24) is 10.2 Å². The van der Waals surface area contributed by atoms with E-state index in [1.54, 1.807) is 6.20 Å². The Morgan fingerprint density at radius 3 is 2.68 bits per heavy atom. The highest BCUT2D eigenvalue weighted by Gasteiger charge is 2.18. The quantitative estimate of drug-likeness (QED) is 0.868. The van der Waals surface area contributed by atoms with E-state index in [-0.39, 0.29) is 0 Å². The molecule has 0 radical (unpaired) electrons. The van der Waals surface area contributed by atoms with Gasteiger partial charge in [0, 0.05) is 17.9 Å². The fourth-order valence-electron chi connectivity index (χ4n) is 2.96. The zero-order chi connectivity index (χ0) is 13.1. The third-order valence-corrected chi connectivity index (χ3v) is 4.00. The molecule has 0 saturated heterocycles. The molecule has 1 fully saturated rings. The fraction of sp³-hybridized carbons (Fsp3) is 0.438. The maximum atomic E-state index is 3.98. The number of H-pyrrole nitrogens is 1. The van der Waals surface area contributed by atoms with Gasteiger partial charge in [-0.3, -0.25) is 5.10 Å². The molecule has 1 aromatic heterocycles. The summed E-state index contributed by atoms with van der Waals surface area (Å²) in [7, 11) is 0. The molecule has 3 nitrogen and oxygen atoms in total. The van der Waals surface area contributed by atoms with Crippen molar-refractivity contribution >= 4 is 5.69 Å². The first-order valence-electron chi connectivity index (χ1n) is 7.17. The van der Waals surface area contributed by atoms with Gasteiger partial charge in [-0.25, -0.2) is 0 Å². The van der Waals surface area contributed by atoms with Gasteiger partial charge < -0.3 is 5.32 Å². The van der Waals surface area contributed by atoms with Crippen molar-refractivity contribution < 1.29 is 0 Å². The summed E-state index contributed by atoms with van der Waals surface area (Å²) in [6.45, 7) is 2.36. The Balaban J connectivity index is 1.66. The Kier molecular flexibility index (Phi) is 3.53. The zero-order valence-corrected chi connectivity index (χ0v) is 11.4. The molecule has 2 aromatic rings. The van der Waals surface area contributed by atoms with Gasteiger partial charge in [0.1, 0.15) is 0 Å². The number of rotatable bonds is 3. The van der Waals surface area contributed by atoms with E-state index in [1.807, 2.05) is 6.07 Å². The van der Waals surface area contributed by atoms with Gasteiger partial charge in [0.25, 0.3) is 0 Å². The minimum Gasteiger partial charge on any atom is -0.382 e. The van der Waals surface area contributed by atoms with Crippen molar-refractivity contribution in [2.75, 3.05) is 5.32 Å². The molecule has 100 valence electrons. The smallest absolute Gasteiger partial charge is 0.0650 e. The van der Waals surface area contributed by atoms with Gasteiger partial charge in [0.2, 0.25) is 0 Å². The van der Waals surface area contributed by atoms with Crippen LogP contribution in [-0.2, 0) is 0 Å². The molecule has 1 aromatic carbocycles. The SMILES string of the molecule is CC1CCCC(Nc2ccc(-c3ccn[nH]3)cc2)C1. The van der Waals surface area contributed by atoms with Crippen molar-refractivity contribution in [2.45, 2.75) is 38.6 Å². The normalized spacial score (nSPS) is 23.2. The first-order chi connectivity index (χ1) is 9.31. The predicted octanol–water partition coefficient (Wildman–Crippen LogP) is 4.07. The molecule has 0 bridgehead atoms. The number of aromatic amines is 1. The van der Waals surface area contributed by atoms with E-state index in [1.165, 1.54) is 36.9 Å². The third-order valence-electron chi connectivity index (χ3n) is 4.00. The third kappa shape index (κ3) is 2.98. The van der Waals surface area contributed by atoms with E-state index in [2.05, 4.69) is 46.7 Å². The monoisotopic (exact) mass is 255 g/mol. The predicted molar refractivity (Wildman–Crippen MR) is 79.1 cm³/mol. The largest absolute Gasteiger partial charge is 0.382 e. The number of aromatic nitrogens is 2. The standard InChI is InChI=1S/C16H21N3/c1-12-3-2-4-15(11-12)18-14-7-5-13(6-8-14)16-9-10-17-19-16/h5-10,12,15,18H,2-4,11H2,1H3,(H,17,19). The van der Waals surface area contributed by atoms with Crippen LogP contribution in [0.25, 0.3) is 11.3 Å². The highest BCUT2D eigenvalue weighted by atomic mass is 15.1. The van der Waals surface area contributed by atoms with Crippen molar-refractivity contribution in [3.63, 3.8) is 0 Å². The van der Waals surface area contributed by atoms with Crippen LogP contribution in [-0.4, -0.2) is 16.2 Å². The molecule has 3 rings (SSSR count). The molecule has 2 atom stereocenters. The lowest BCUT2D eigenvalue weighted by Gasteiger charge is -2.28. The van der Waals surface area contributed by atoms with Crippen molar-refractivity contribution in [3.05, 3.63) is 36.5 Å². The number of hydrogen-bond acceptors (Lipinski definition) is 2. The summed E-state index contributed by atoms with van der Waals surface area (Å²) in [5, 5.41) is 10.6. The number of anilines is 1. The highest BCUT2D eigenvalue weighted by Crippen LogP contribution is 2.27. The Morgan fingerprint density at radius 1 is 1.16 bits per heavy atom. The van der Waals surface area contributed by atoms with Crippen LogP contribution in [0.5, 0.6) is 0 Å². The minimum atomic E-state index is 0.641. The lowest BCUT2D eigenvalue weighted by atomic mass is 9.87. The van der Waals surface area contributed by atoms with Gasteiger partial charge in [-0.15, -0.1) is 0 Å².